The minimum atomic E-state index is -3.84. The molecular weight excluding hydrogens is 332 g/mol. The Morgan fingerprint density at radius 3 is 2.42 bits per heavy atom. The van der Waals surface area contributed by atoms with Gasteiger partial charge in [-0.25, -0.2) is 13.6 Å². The summed E-state index contributed by atoms with van der Waals surface area (Å²) in [6, 6.07) is 7.72. The second-order valence-corrected chi connectivity index (χ2v) is 6.36. The average Bonchev–Trinajstić information content (AvgIpc) is 2.74. The van der Waals surface area contributed by atoms with Crippen molar-refractivity contribution in [2.24, 2.45) is 5.14 Å². The van der Waals surface area contributed by atoms with Crippen LogP contribution in [0.2, 0.25) is 0 Å². The van der Waals surface area contributed by atoms with Gasteiger partial charge < -0.3 is 4.57 Å². The Morgan fingerprint density at radius 2 is 1.89 bits per heavy atom. The Bertz CT molecular complexity index is 679. The Kier molecular flexibility index (Phi) is 4.02. The predicted octanol–water partition coefficient (Wildman–Crippen LogP) is 1.30. The molecule has 0 aliphatic carbocycles. The van der Waals surface area contributed by atoms with E-state index < -0.39 is 10.0 Å². The van der Waals surface area contributed by atoms with Gasteiger partial charge in [-0.15, -0.1) is 10.2 Å². The van der Waals surface area contributed by atoms with Gasteiger partial charge in [0.2, 0.25) is 0 Å². The van der Waals surface area contributed by atoms with Crippen molar-refractivity contribution in [3.8, 4) is 0 Å². The maximum Gasteiger partial charge on any atom is 0.273 e. The van der Waals surface area contributed by atoms with E-state index in [9.17, 15) is 8.42 Å². The summed E-state index contributed by atoms with van der Waals surface area (Å²) in [5.74, 6) is 0.578. The number of benzene rings is 1. The van der Waals surface area contributed by atoms with Gasteiger partial charge in [0.15, 0.2) is 0 Å². The Labute approximate surface area is 119 Å². The molecule has 0 amide bonds. The second-order valence-electron chi connectivity index (χ2n) is 3.99. The molecule has 6 nitrogen and oxygen atoms in total. The van der Waals surface area contributed by atoms with Crippen LogP contribution < -0.4 is 5.14 Å². The Morgan fingerprint density at radius 1 is 1.26 bits per heavy atom. The highest BCUT2D eigenvalue weighted by molar-refractivity contribution is 9.10. The van der Waals surface area contributed by atoms with Gasteiger partial charge in [0.05, 0.1) is 0 Å². The number of nitrogens with two attached hydrogens (primary N) is 1. The molecule has 0 aliphatic rings. The van der Waals surface area contributed by atoms with Crippen LogP contribution in [0.3, 0.4) is 0 Å². The molecule has 2 N–H and O–H groups in total. The zero-order valence-corrected chi connectivity index (χ0v) is 12.6. The monoisotopic (exact) mass is 344 g/mol. The van der Waals surface area contributed by atoms with Gasteiger partial charge in [-0.2, -0.15) is 0 Å². The molecule has 1 heterocycles. The zero-order valence-electron chi connectivity index (χ0n) is 10.2. The van der Waals surface area contributed by atoms with E-state index in [1.165, 1.54) is 4.57 Å². The van der Waals surface area contributed by atoms with Crippen LogP contribution in [-0.4, -0.2) is 23.2 Å². The number of aromatic nitrogens is 3. The fourth-order valence-electron chi connectivity index (χ4n) is 1.76. The number of sulfonamides is 1. The molecule has 2 rings (SSSR count). The van der Waals surface area contributed by atoms with E-state index in [0.717, 1.165) is 10.0 Å². The van der Waals surface area contributed by atoms with Gasteiger partial charge in [0.1, 0.15) is 5.82 Å². The van der Waals surface area contributed by atoms with Gasteiger partial charge in [0, 0.05) is 17.4 Å². The molecule has 0 fully saturated rings. The lowest BCUT2D eigenvalue weighted by Crippen LogP contribution is -2.19. The lowest BCUT2D eigenvalue weighted by molar-refractivity contribution is 0.565. The van der Waals surface area contributed by atoms with Crippen LogP contribution in [0.5, 0.6) is 0 Å². The van der Waals surface area contributed by atoms with Gasteiger partial charge in [-0.3, -0.25) is 0 Å². The summed E-state index contributed by atoms with van der Waals surface area (Å²) in [6.07, 6.45) is 0.504. The van der Waals surface area contributed by atoms with Crippen LogP contribution in [0.25, 0.3) is 0 Å². The second kappa shape index (κ2) is 5.40. The molecule has 0 spiro atoms. The van der Waals surface area contributed by atoms with Crippen LogP contribution in [0.1, 0.15) is 18.3 Å². The van der Waals surface area contributed by atoms with Crippen molar-refractivity contribution < 1.29 is 8.42 Å². The molecule has 0 unspecified atom stereocenters. The number of nitrogens with zero attached hydrogens (tertiary/aromatic N) is 3. The highest BCUT2D eigenvalue weighted by atomic mass is 79.9. The summed E-state index contributed by atoms with van der Waals surface area (Å²) in [7, 11) is -3.84. The summed E-state index contributed by atoms with van der Waals surface area (Å²) in [5.41, 5.74) is 1.02. The molecule has 0 aliphatic heterocycles. The van der Waals surface area contributed by atoms with Crippen molar-refractivity contribution in [1.82, 2.24) is 14.8 Å². The first-order chi connectivity index (χ1) is 8.91. The molecule has 8 heteroatoms. The SMILES string of the molecule is CCn1c(Cc2ccc(Br)cc2)nnc1S(N)(=O)=O. The number of halogens is 1. The van der Waals surface area contributed by atoms with Crippen molar-refractivity contribution in [3.05, 3.63) is 40.1 Å². The Balaban J connectivity index is 2.36. The minimum absolute atomic E-state index is 0.192. The highest BCUT2D eigenvalue weighted by Crippen LogP contribution is 2.15. The standard InChI is InChI=1S/C11H13BrN4O2S/c1-2-16-10(14-15-11(16)19(13,17)18)7-8-3-5-9(12)6-4-8/h3-6H,2,7H2,1H3,(H2,13,17,18). The molecule has 0 bridgehead atoms. The van der Waals surface area contributed by atoms with Crippen LogP contribution in [0, 0.1) is 0 Å². The summed E-state index contributed by atoms with van der Waals surface area (Å²) in [5, 5.41) is 12.5. The third-order valence-electron chi connectivity index (χ3n) is 2.64. The molecule has 2 aromatic rings. The summed E-state index contributed by atoms with van der Waals surface area (Å²) < 4.78 is 25.2. The lowest BCUT2D eigenvalue weighted by atomic mass is 10.1. The molecule has 102 valence electrons. The van der Waals surface area contributed by atoms with E-state index >= 15 is 0 Å². The molecule has 0 saturated heterocycles. The summed E-state index contributed by atoms with van der Waals surface area (Å²) >= 11 is 3.36. The normalized spacial score (nSPS) is 11.7. The fraction of sp³-hybridized carbons (Fsp3) is 0.273. The maximum absolute atomic E-state index is 11.4. The maximum atomic E-state index is 11.4. The number of hydrogen-bond acceptors (Lipinski definition) is 4. The molecular formula is C11H13BrN4O2S. The smallest absolute Gasteiger partial charge is 0.273 e. The van der Waals surface area contributed by atoms with Gasteiger partial charge in [-0.1, -0.05) is 28.1 Å². The van der Waals surface area contributed by atoms with Gasteiger partial charge in [-0.05, 0) is 24.6 Å². The fourth-order valence-corrected chi connectivity index (χ4v) is 2.72. The average molecular weight is 345 g/mol. The van der Waals surface area contributed by atoms with Crippen LogP contribution in [0.4, 0.5) is 0 Å². The minimum Gasteiger partial charge on any atom is -0.301 e. The molecule has 19 heavy (non-hydrogen) atoms. The van der Waals surface area contributed by atoms with Crippen LogP contribution >= 0.6 is 15.9 Å². The lowest BCUT2D eigenvalue weighted by Gasteiger charge is -2.06. The molecule has 0 radical (unpaired) electrons. The zero-order chi connectivity index (χ0) is 14.0. The van der Waals surface area contributed by atoms with Crippen LogP contribution in [0.15, 0.2) is 33.9 Å². The number of rotatable bonds is 4. The van der Waals surface area contributed by atoms with Crippen molar-refractivity contribution in [3.63, 3.8) is 0 Å². The first kappa shape index (κ1) is 14.2. The number of hydrogen-bond donors (Lipinski definition) is 1. The first-order valence-corrected chi connectivity index (χ1v) is 7.95. The Hall–Kier alpha value is -1.25. The molecule has 0 saturated carbocycles. The molecule has 1 aromatic heterocycles. The van der Waals surface area contributed by atoms with Crippen LogP contribution in [-0.2, 0) is 23.0 Å². The van der Waals surface area contributed by atoms with Crippen molar-refractivity contribution in [2.45, 2.75) is 25.0 Å². The topological polar surface area (TPSA) is 90.9 Å². The molecule has 1 aromatic carbocycles. The van der Waals surface area contributed by atoms with E-state index in [4.69, 9.17) is 5.14 Å². The van der Waals surface area contributed by atoms with Crippen molar-refractivity contribution >= 4 is 26.0 Å². The third-order valence-corrected chi connectivity index (χ3v) is 3.98. The van der Waals surface area contributed by atoms with E-state index in [2.05, 4.69) is 26.1 Å². The van der Waals surface area contributed by atoms with E-state index in [0.29, 0.717) is 18.8 Å². The predicted molar refractivity (Wildman–Crippen MR) is 74.0 cm³/mol. The highest BCUT2D eigenvalue weighted by Gasteiger charge is 2.20. The summed E-state index contributed by atoms with van der Waals surface area (Å²) in [6.45, 7) is 2.27. The van der Waals surface area contributed by atoms with E-state index in [1.807, 2.05) is 31.2 Å². The quantitative estimate of drug-likeness (QED) is 0.904. The number of primary sulfonamides is 1. The van der Waals surface area contributed by atoms with E-state index in [-0.39, 0.29) is 5.16 Å². The molecule has 0 atom stereocenters. The largest absolute Gasteiger partial charge is 0.301 e. The van der Waals surface area contributed by atoms with Gasteiger partial charge in [0.25, 0.3) is 15.2 Å². The summed E-state index contributed by atoms with van der Waals surface area (Å²) in [4.78, 5) is 0. The van der Waals surface area contributed by atoms with E-state index in [1.54, 1.807) is 0 Å². The van der Waals surface area contributed by atoms with Crippen molar-refractivity contribution in [1.29, 1.82) is 0 Å². The van der Waals surface area contributed by atoms with Gasteiger partial charge >= 0.3 is 0 Å². The third kappa shape index (κ3) is 3.20. The van der Waals surface area contributed by atoms with Crippen molar-refractivity contribution in [2.75, 3.05) is 0 Å². The first-order valence-electron chi connectivity index (χ1n) is 5.61.